The number of aryl methyl sites for hydroxylation is 1. The highest BCUT2D eigenvalue weighted by molar-refractivity contribution is 7.16. The smallest absolute Gasteiger partial charge is 0.322 e. The Morgan fingerprint density at radius 2 is 2.25 bits per heavy atom. The van der Waals surface area contributed by atoms with Gasteiger partial charge < -0.3 is 14.6 Å². The number of thiazole rings is 1. The number of furan rings is 1. The lowest BCUT2D eigenvalue weighted by Crippen LogP contribution is -2.41. The Bertz CT molecular complexity index is 870. The van der Waals surface area contributed by atoms with Crippen molar-refractivity contribution in [2.24, 2.45) is 0 Å². The molecule has 2 amide bonds. The average Bonchev–Trinajstić information content (AvgIpc) is 3.23. The van der Waals surface area contributed by atoms with Crippen molar-refractivity contribution in [3.63, 3.8) is 0 Å². The van der Waals surface area contributed by atoms with Gasteiger partial charge in [-0.15, -0.1) is 11.3 Å². The van der Waals surface area contributed by atoms with Gasteiger partial charge in [0.05, 0.1) is 21.8 Å². The van der Waals surface area contributed by atoms with Gasteiger partial charge in [0, 0.05) is 12.2 Å². The van der Waals surface area contributed by atoms with Crippen LogP contribution < -0.4 is 5.32 Å². The molecular formula is C18H19N3O2S. The predicted molar refractivity (Wildman–Crippen MR) is 95.4 cm³/mol. The molecule has 1 atom stereocenters. The van der Waals surface area contributed by atoms with Crippen LogP contribution >= 0.6 is 11.3 Å². The van der Waals surface area contributed by atoms with Gasteiger partial charge in [-0.25, -0.2) is 9.78 Å². The zero-order valence-corrected chi connectivity index (χ0v) is 14.3. The van der Waals surface area contributed by atoms with Gasteiger partial charge >= 0.3 is 6.03 Å². The summed E-state index contributed by atoms with van der Waals surface area (Å²) in [5.41, 5.74) is 3.58. The van der Waals surface area contributed by atoms with Crippen LogP contribution in [0.2, 0.25) is 0 Å². The number of amides is 2. The maximum atomic E-state index is 12.8. The maximum absolute atomic E-state index is 12.8. The number of anilines is 1. The number of carbonyl (C=O) groups excluding carboxylic acids is 1. The van der Waals surface area contributed by atoms with Crippen molar-refractivity contribution in [2.45, 2.75) is 32.2 Å². The fourth-order valence-electron chi connectivity index (χ4n) is 3.23. The Morgan fingerprint density at radius 1 is 1.33 bits per heavy atom. The molecule has 0 aliphatic carbocycles. The van der Waals surface area contributed by atoms with Crippen LogP contribution in [-0.4, -0.2) is 22.5 Å². The van der Waals surface area contributed by atoms with E-state index in [1.54, 1.807) is 11.3 Å². The van der Waals surface area contributed by atoms with Gasteiger partial charge in [0.25, 0.3) is 0 Å². The van der Waals surface area contributed by atoms with Crippen LogP contribution in [0.5, 0.6) is 0 Å². The topological polar surface area (TPSA) is 58.4 Å². The Kier molecular flexibility index (Phi) is 3.98. The number of fused-ring (bicyclic) bond motifs is 1. The first-order valence-corrected chi connectivity index (χ1v) is 9.06. The second-order valence-corrected chi connectivity index (χ2v) is 7.00. The molecule has 0 radical (unpaired) electrons. The SMILES string of the molecule is Cc1ccc(C2CCCCN2C(=O)Nc2ccc3ncsc3c2)o1. The summed E-state index contributed by atoms with van der Waals surface area (Å²) in [6.45, 7) is 2.68. The lowest BCUT2D eigenvalue weighted by Gasteiger charge is -2.34. The molecule has 2 aromatic heterocycles. The molecule has 1 saturated heterocycles. The molecule has 1 N–H and O–H groups in total. The minimum atomic E-state index is -0.0716. The zero-order valence-electron chi connectivity index (χ0n) is 13.5. The van der Waals surface area contributed by atoms with Gasteiger partial charge in [-0.3, -0.25) is 0 Å². The summed E-state index contributed by atoms with van der Waals surface area (Å²) < 4.78 is 6.85. The summed E-state index contributed by atoms with van der Waals surface area (Å²) in [7, 11) is 0. The van der Waals surface area contributed by atoms with E-state index in [1.807, 2.05) is 47.7 Å². The number of aromatic nitrogens is 1. The largest absolute Gasteiger partial charge is 0.464 e. The van der Waals surface area contributed by atoms with Crippen LogP contribution in [0.1, 0.15) is 36.8 Å². The molecule has 1 unspecified atom stereocenters. The molecule has 0 saturated carbocycles. The Morgan fingerprint density at radius 3 is 3.08 bits per heavy atom. The summed E-state index contributed by atoms with van der Waals surface area (Å²) in [6, 6.07) is 9.69. The monoisotopic (exact) mass is 341 g/mol. The van der Waals surface area contributed by atoms with Crippen molar-refractivity contribution in [1.82, 2.24) is 9.88 Å². The number of rotatable bonds is 2. The van der Waals surface area contributed by atoms with E-state index in [-0.39, 0.29) is 12.1 Å². The third kappa shape index (κ3) is 2.89. The summed E-state index contributed by atoms with van der Waals surface area (Å²) in [5, 5.41) is 3.02. The molecule has 1 aliphatic heterocycles. The van der Waals surface area contributed by atoms with Crippen LogP contribution in [0.4, 0.5) is 10.5 Å². The van der Waals surface area contributed by atoms with Crippen molar-refractivity contribution >= 4 is 33.3 Å². The van der Waals surface area contributed by atoms with Crippen molar-refractivity contribution in [1.29, 1.82) is 0 Å². The van der Waals surface area contributed by atoms with E-state index in [0.717, 1.165) is 53.2 Å². The number of likely N-dealkylation sites (tertiary alicyclic amines) is 1. The van der Waals surface area contributed by atoms with Crippen LogP contribution in [0.3, 0.4) is 0 Å². The lowest BCUT2D eigenvalue weighted by atomic mass is 10.0. The fraction of sp³-hybridized carbons (Fsp3) is 0.333. The third-order valence-corrected chi connectivity index (χ3v) is 5.23. The van der Waals surface area contributed by atoms with Gasteiger partial charge in [0.2, 0.25) is 0 Å². The number of benzene rings is 1. The van der Waals surface area contributed by atoms with E-state index < -0.39 is 0 Å². The number of hydrogen-bond acceptors (Lipinski definition) is 4. The average molecular weight is 341 g/mol. The highest BCUT2D eigenvalue weighted by Crippen LogP contribution is 2.32. The zero-order chi connectivity index (χ0) is 16.5. The summed E-state index contributed by atoms with van der Waals surface area (Å²) >= 11 is 1.57. The van der Waals surface area contributed by atoms with Crippen molar-refractivity contribution in [3.05, 3.63) is 47.4 Å². The first-order chi connectivity index (χ1) is 11.7. The summed E-state index contributed by atoms with van der Waals surface area (Å²) in [5.74, 6) is 1.76. The van der Waals surface area contributed by atoms with E-state index in [0.29, 0.717) is 0 Å². The molecule has 1 fully saturated rings. The molecule has 124 valence electrons. The van der Waals surface area contributed by atoms with Crippen molar-refractivity contribution in [2.75, 3.05) is 11.9 Å². The van der Waals surface area contributed by atoms with Crippen LogP contribution in [-0.2, 0) is 0 Å². The quantitative estimate of drug-likeness (QED) is 0.717. The number of nitrogens with zero attached hydrogens (tertiary/aromatic N) is 2. The normalized spacial score (nSPS) is 18.0. The second-order valence-electron chi connectivity index (χ2n) is 6.12. The van der Waals surface area contributed by atoms with E-state index in [4.69, 9.17) is 4.42 Å². The summed E-state index contributed by atoms with van der Waals surface area (Å²) in [6.07, 6.45) is 3.08. The van der Waals surface area contributed by atoms with E-state index >= 15 is 0 Å². The first-order valence-electron chi connectivity index (χ1n) is 8.18. The first kappa shape index (κ1) is 15.2. The summed E-state index contributed by atoms with van der Waals surface area (Å²) in [4.78, 5) is 18.9. The van der Waals surface area contributed by atoms with Gasteiger partial charge in [0.1, 0.15) is 11.5 Å². The maximum Gasteiger partial charge on any atom is 0.322 e. The predicted octanol–water partition coefficient (Wildman–Crippen LogP) is 4.96. The molecule has 5 nitrogen and oxygen atoms in total. The van der Waals surface area contributed by atoms with Gasteiger partial charge in [-0.2, -0.15) is 0 Å². The molecule has 1 aromatic carbocycles. The highest BCUT2D eigenvalue weighted by atomic mass is 32.1. The number of urea groups is 1. The Balaban J connectivity index is 1.54. The number of piperidine rings is 1. The standard InChI is InChI=1S/C18H19N3O2S/c1-12-5-8-16(23-12)15-4-2-3-9-21(15)18(22)20-13-6-7-14-17(10-13)24-11-19-14/h5-8,10-11,15H,2-4,9H2,1H3,(H,20,22). The second kappa shape index (κ2) is 6.28. The lowest BCUT2D eigenvalue weighted by molar-refractivity contribution is 0.150. The van der Waals surface area contributed by atoms with Gasteiger partial charge in [-0.1, -0.05) is 0 Å². The molecule has 0 bridgehead atoms. The number of nitrogens with one attached hydrogen (secondary N) is 1. The molecular weight excluding hydrogens is 322 g/mol. The highest BCUT2D eigenvalue weighted by Gasteiger charge is 2.30. The minimum absolute atomic E-state index is 0.0135. The molecule has 4 rings (SSSR count). The number of carbonyl (C=O) groups is 1. The van der Waals surface area contributed by atoms with Gasteiger partial charge in [-0.05, 0) is 56.5 Å². The molecule has 0 spiro atoms. The third-order valence-electron chi connectivity index (χ3n) is 4.44. The molecule has 6 heteroatoms. The van der Waals surface area contributed by atoms with Gasteiger partial charge in [0.15, 0.2) is 0 Å². The number of hydrogen-bond donors (Lipinski definition) is 1. The molecule has 24 heavy (non-hydrogen) atoms. The van der Waals surface area contributed by atoms with Crippen molar-refractivity contribution < 1.29 is 9.21 Å². The van der Waals surface area contributed by atoms with Crippen LogP contribution in [0, 0.1) is 6.92 Å². The minimum Gasteiger partial charge on any atom is -0.464 e. The van der Waals surface area contributed by atoms with E-state index in [9.17, 15) is 4.79 Å². The van der Waals surface area contributed by atoms with Crippen LogP contribution in [0.15, 0.2) is 40.3 Å². The Hall–Kier alpha value is -2.34. The fourth-order valence-corrected chi connectivity index (χ4v) is 3.95. The van der Waals surface area contributed by atoms with E-state index in [2.05, 4.69) is 10.3 Å². The molecule has 3 heterocycles. The van der Waals surface area contributed by atoms with E-state index in [1.165, 1.54) is 0 Å². The molecule has 1 aliphatic rings. The van der Waals surface area contributed by atoms with Crippen LogP contribution in [0.25, 0.3) is 10.2 Å². The molecule has 3 aromatic rings. The Labute approximate surface area is 144 Å². The van der Waals surface area contributed by atoms with Crippen molar-refractivity contribution in [3.8, 4) is 0 Å².